The highest BCUT2D eigenvalue weighted by molar-refractivity contribution is 7.99. The van der Waals surface area contributed by atoms with Crippen LogP contribution < -0.4 is 16.6 Å². The van der Waals surface area contributed by atoms with E-state index in [1.165, 1.54) is 9.44 Å². The van der Waals surface area contributed by atoms with Crippen LogP contribution in [-0.4, -0.2) is 27.2 Å². The largest absolute Gasteiger partial charge is 0.351 e. The Morgan fingerprint density at radius 2 is 2.23 bits per heavy atom. The predicted octanol–water partition coefficient (Wildman–Crippen LogP) is 0.771. The van der Waals surface area contributed by atoms with Crippen LogP contribution in [0.3, 0.4) is 0 Å². The molecule has 3 amide bonds. The second kappa shape index (κ2) is 5.73. The number of nitrogens with zero attached hydrogens (tertiary/aromatic N) is 2. The molecule has 3 N–H and O–H groups in total. The summed E-state index contributed by atoms with van der Waals surface area (Å²) in [5.74, 6) is -0.541. The second-order valence-corrected chi connectivity index (χ2v) is 7.02. The van der Waals surface area contributed by atoms with Gasteiger partial charge < -0.3 is 5.73 Å². The molecule has 0 saturated carbocycles. The van der Waals surface area contributed by atoms with Gasteiger partial charge in [-0.1, -0.05) is 11.8 Å². The molecule has 0 aliphatic heterocycles. The maximum Gasteiger partial charge on any atom is 0.318 e. The monoisotopic (exact) mass is 338 g/mol. The number of hydrogen-bond acceptors (Lipinski definition) is 6. The van der Waals surface area contributed by atoms with Crippen molar-refractivity contribution in [3.8, 4) is 0 Å². The summed E-state index contributed by atoms with van der Waals surface area (Å²) in [6, 6.07) is -0.891. The van der Waals surface area contributed by atoms with Crippen molar-refractivity contribution in [1.82, 2.24) is 14.9 Å². The number of amides is 3. The van der Waals surface area contributed by atoms with Gasteiger partial charge in [-0.2, -0.15) is 0 Å². The maximum atomic E-state index is 12.5. The Labute approximate surface area is 133 Å². The first-order chi connectivity index (χ1) is 10.5. The number of imide groups is 1. The van der Waals surface area contributed by atoms with Gasteiger partial charge in [-0.05, 0) is 24.8 Å². The van der Waals surface area contributed by atoms with E-state index in [1.54, 1.807) is 18.4 Å². The molecule has 0 bridgehead atoms. The summed E-state index contributed by atoms with van der Waals surface area (Å²) in [6.07, 6.45) is 3.02. The molecule has 116 valence electrons. The summed E-state index contributed by atoms with van der Waals surface area (Å²) >= 11 is 2.66. The molecule has 0 saturated heterocycles. The van der Waals surface area contributed by atoms with E-state index >= 15 is 0 Å². The lowest BCUT2D eigenvalue weighted by atomic mass is 10.2. The van der Waals surface area contributed by atoms with E-state index in [-0.39, 0.29) is 11.3 Å². The maximum absolute atomic E-state index is 12.5. The van der Waals surface area contributed by atoms with Crippen molar-refractivity contribution in [2.75, 3.05) is 5.75 Å². The van der Waals surface area contributed by atoms with Crippen molar-refractivity contribution in [3.63, 3.8) is 0 Å². The first-order valence-corrected chi connectivity index (χ1v) is 8.51. The minimum absolute atomic E-state index is 0.0280. The lowest BCUT2D eigenvalue weighted by Crippen LogP contribution is -2.36. The normalized spacial score (nSPS) is 13.3. The third kappa shape index (κ3) is 2.61. The molecule has 0 atom stereocenters. The molecular formula is C13H14N4O3S2. The van der Waals surface area contributed by atoms with E-state index in [0.717, 1.165) is 41.4 Å². The molecule has 2 heterocycles. The van der Waals surface area contributed by atoms with Crippen LogP contribution in [0.5, 0.6) is 0 Å². The molecule has 0 radical (unpaired) electrons. The second-order valence-electron chi connectivity index (χ2n) is 5.00. The molecule has 1 aliphatic carbocycles. The Bertz CT molecular complexity index is 840. The van der Waals surface area contributed by atoms with Gasteiger partial charge in [0.15, 0.2) is 5.16 Å². The van der Waals surface area contributed by atoms with Gasteiger partial charge in [0.05, 0.1) is 11.1 Å². The summed E-state index contributed by atoms with van der Waals surface area (Å²) in [4.78, 5) is 41.1. The zero-order valence-electron chi connectivity index (χ0n) is 11.8. The van der Waals surface area contributed by atoms with Crippen LogP contribution in [0.25, 0.3) is 10.2 Å². The summed E-state index contributed by atoms with van der Waals surface area (Å²) in [7, 11) is 1.64. The molecular weight excluding hydrogens is 324 g/mol. The average Bonchev–Trinajstić information content (AvgIpc) is 3.00. The number of thioether (sulfide) groups is 1. The number of fused-ring (bicyclic) bond motifs is 3. The number of rotatable bonds is 3. The van der Waals surface area contributed by atoms with E-state index < -0.39 is 11.9 Å². The fourth-order valence-electron chi connectivity index (χ4n) is 2.54. The SMILES string of the molecule is Cn1c(SCC(=O)NC(N)=O)nc2sc3c(c2c1=O)CCC3. The number of carbonyl (C=O) groups is 2. The highest BCUT2D eigenvalue weighted by Gasteiger charge is 2.22. The molecule has 0 fully saturated rings. The molecule has 0 aromatic carbocycles. The van der Waals surface area contributed by atoms with Gasteiger partial charge in [-0.15, -0.1) is 11.3 Å². The molecule has 2 aromatic heterocycles. The first-order valence-electron chi connectivity index (χ1n) is 6.70. The molecule has 1 aliphatic rings. The van der Waals surface area contributed by atoms with Gasteiger partial charge in [-0.3, -0.25) is 19.5 Å². The Hall–Kier alpha value is -1.87. The van der Waals surface area contributed by atoms with Crippen LogP contribution in [0.4, 0.5) is 4.79 Å². The van der Waals surface area contributed by atoms with Crippen LogP contribution in [0, 0.1) is 0 Å². The minimum Gasteiger partial charge on any atom is -0.351 e. The predicted molar refractivity (Wildman–Crippen MR) is 85.3 cm³/mol. The molecule has 0 spiro atoms. The van der Waals surface area contributed by atoms with E-state index in [4.69, 9.17) is 5.73 Å². The summed E-state index contributed by atoms with van der Waals surface area (Å²) in [6.45, 7) is 0. The van der Waals surface area contributed by atoms with Gasteiger partial charge in [0, 0.05) is 11.9 Å². The Kier molecular flexibility index (Phi) is 3.92. The van der Waals surface area contributed by atoms with E-state index in [0.29, 0.717) is 10.5 Å². The molecule has 3 rings (SSSR count). The fourth-order valence-corrected chi connectivity index (χ4v) is 4.61. The van der Waals surface area contributed by atoms with Crippen LogP contribution in [0.2, 0.25) is 0 Å². The van der Waals surface area contributed by atoms with E-state index in [9.17, 15) is 14.4 Å². The Morgan fingerprint density at radius 3 is 2.95 bits per heavy atom. The van der Waals surface area contributed by atoms with Crippen LogP contribution in [0.1, 0.15) is 16.9 Å². The van der Waals surface area contributed by atoms with Gasteiger partial charge >= 0.3 is 6.03 Å². The van der Waals surface area contributed by atoms with E-state index in [2.05, 4.69) is 4.98 Å². The zero-order chi connectivity index (χ0) is 15.9. The van der Waals surface area contributed by atoms with Gasteiger partial charge in [-0.25, -0.2) is 9.78 Å². The number of thiophene rings is 1. The average molecular weight is 338 g/mol. The van der Waals surface area contributed by atoms with Gasteiger partial charge in [0.25, 0.3) is 5.56 Å². The number of hydrogen-bond donors (Lipinski definition) is 2. The number of primary amides is 1. The highest BCUT2D eigenvalue weighted by atomic mass is 32.2. The topological polar surface area (TPSA) is 107 Å². The van der Waals surface area contributed by atoms with Crippen molar-refractivity contribution >= 4 is 45.3 Å². The summed E-state index contributed by atoms with van der Waals surface area (Å²) in [5, 5.41) is 3.15. The Morgan fingerprint density at radius 1 is 1.45 bits per heavy atom. The van der Waals surface area contributed by atoms with Crippen LogP contribution in [-0.2, 0) is 24.7 Å². The van der Waals surface area contributed by atoms with Gasteiger partial charge in [0.2, 0.25) is 5.91 Å². The summed E-state index contributed by atoms with van der Waals surface area (Å²) in [5.41, 5.74) is 5.94. The molecule has 7 nitrogen and oxygen atoms in total. The van der Waals surface area contributed by atoms with Crippen LogP contribution in [0.15, 0.2) is 9.95 Å². The third-order valence-electron chi connectivity index (χ3n) is 3.50. The van der Waals surface area contributed by atoms with Crippen molar-refractivity contribution in [2.45, 2.75) is 24.4 Å². The third-order valence-corrected chi connectivity index (χ3v) is 5.72. The van der Waals surface area contributed by atoms with Crippen molar-refractivity contribution in [3.05, 3.63) is 20.8 Å². The van der Waals surface area contributed by atoms with Crippen LogP contribution >= 0.6 is 23.1 Å². The lowest BCUT2D eigenvalue weighted by molar-refractivity contribution is -0.117. The summed E-state index contributed by atoms with van der Waals surface area (Å²) < 4.78 is 1.45. The highest BCUT2D eigenvalue weighted by Crippen LogP contribution is 2.35. The molecule has 0 unspecified atom stereocenters. The molecule has 9 heteroatoms. The Balaban J connectivity index is 1.91. The zero-order valence-corrected chi connectivity index (χ0v) is 13.5. The fraction of sp³-hybridized carbons (Fsp3) is 0.385. The number of nitrogens with two attached hydrogens (primary N) is 1. The van der Waals surface area contributed by atoms with Crippen molar-refractivity contribution in [2.24, 2.45) is 12.8 Å². The van der Waals surface area contributed by atoms with Crippen molar-refractivity contribution < 1.29 is 9.59 Å². The number of nitrogens with one attached hydrogen (secondary N) is 1. The number of aromatic nitrogens is 2. The number of aryl methyl sites for hydroxylation is 2. The standard InChI is InChI=1S/C13H14N4O3S2/c1-17-11(19)9-6-3-2-4-7(6)22-10(9)16-13(17)21-5-8(18)15-12(14)20/h2-5H2,1H3,(H3,14,15,18,20). The quantitative estimate of drug-likeness (QED) is 0.635. The number of urea groups is 1. The smallest absolute Gasteiger partial charge is 0.318 e. The molecule has 22 heavy (non-hydrogen) atoms. The minimum atomic E-state index is -0.891. The first kappa shape index (κ1) is 15.0. The van der Waals surface area contributed by atoms with E-state index in [1.807, 2.05) is 5.32 Å². The lowest BCUT2D eigenvalue weighted by Gasteiger charge is -2.07. The number of carbonyl (C=O) groups excluding carboxylic acids is 2. The van der Waals surface area contributed by atoms with Gasteiger partial charge in [0.1, 0.15) is 4.83 Å². The van der Waals surface area contributed by atoms with Crippen molar-refractivity contribution in [1.29, 1.82) is 0 Å². The molecule has 2 aromatic rings.